The fourth-order valence-electron chi connectivity index (χ4n) is 2.71. The van der Waals surface area contributed by atoms with Crippen molar-refractivity contribution >= 4 is 10.9 Å². The Morgan fingerprint density at radius 2 is 1.94 bits per heavy atom. The lowest BCUT2D eigenvalue weighted by molar-refractivity contribution is 0.186. The number of benzene rings is 1. The molecule has 1 saturated heterocycles. The zero-order chi connectivity index (χ0) is 11.7. The van der Waals surface area contributed by atoms with Crippen molar-refractivity contribution in [3.63, 3.8) is 0 Å². The number of piperazine rings is 1. The summed E-state index contributed by atoms with van der Waals surface area (Å²) >= 11 is 0. The smallest absolute Gasteiger partial charge is 0.0457 e. The van der Waals surface area contributed by atoms with Gasteiger partial charge in [-0.1, -0.05) is 18.2 Å². The second-order valence-corrected chi connectivity index (χ2v) is 4.75. The van der Waals surface area contributed by atoms with Crippen LogP contribution in [-0.4, -0.2) is 36.1 Å². The molecule has 0 saturated carbocycles. The minimum absolute atomic E-state index is 0.494. The number of aromatic nitrogens is 1. The summed E-state index contributed by atoms with van der Waals surface area (Å²) in [5.74, 6) is 0. The predicted molar refractivity (Wildman–Crippen MR) is 71.2 cm³/mol. The van der Waals surface area contributed by atoms with Gasteiger partial charge in [0.25, 0.3) is 0 Å². The van der Waals surface area contributed by atoms with Crippen molar-refractivity contribution in [2.45, 2.75) is 13.0 Å². The third-order valence-corrected chi connectivity index (χ3v) is 3.77. The average molecular weight is 229 g/mol. The highest BCUT2D eigenvalue weighted by Gasteiger charge is 2.19. The first-order valence-corrected chi connectivity index (χ1v) is 6.37. The van der Waals surface area contributed by atoms with E-state index in [1.807, 2.05) is 0 Å². The highest BCUT2D eigenvalue weighted by molar-refractivity contribution is 5.83. The molecule has 0 spiro atoms. The molecule has 17 heavy (non-hydrogen) atoms. The molecule has 1 aromatic carbocycles. The summed E-state index contributed by atoms with van der Waals surface area (Å²) < 4.78 is 0. The van der Waals surface area contributed by atoms with Crippen molar-refractivity contribution in [3.05, 3.63) is 36.0 Å². The average Bonchev–Trinajstić information content (AvgIpc) is 2.83. The van der Waals surface area contributed by atoms with Crippen molar-refractivity contribution in [1.29, 1.82) is 0 Å². The summed E-state index contributed by atoms with van der Waals surface area (Å²) in [7, 11) is 0. The third kappa shape index (κ3) is 1.96. The SMILES string of the molecule is C[C@H](c1c[nH]c2ccccc12)N1CCNCC1. The predicted octanol–water partition coefficient (Wildman–Crippen LogP) is 2.13. The van der Waals surface area contributed by atoms with Gasteiger partial charge in [-0.3, -0.25) is 4.90 Å². The van der Waals surface area contributed by atoms with Gasteiger partial charge in [0.2, 0.25) is 0 Å². The molecule has 1 aromatic heterocycles. The quantitative estimate of drug-likeness (QED) is 0.826. The van der Waals surface area contributed by atoms with Gasteiger partial charge in [0.05, 0.1) is 0 Å². The number of rotatable bonds is 2. The van der Waals surface area contributed by atoms with Gasteiger partial charge < -0.3 is 10.3 Å². The molecule has 3 heteroatoms. The maximum Gasteiger partial charge on any atom is 0.0457 e. The van der Waals surface area contributed by atoms with Crippen molar-refractivity contribution in [2.75, 3.05) is 26.2 Å². The van der Waals surface area contributed by atoms with Gasteiger partial charge in [0.15, 0.2) is 0 Å². The van der Waals surface area contributed by atoms with E-state index < -0.39 is 0 Å². The molecule has 3 nitrogen and oxygen atoms in total. The zero-order valence-corrected chi connectivity index (χ0v) is 10.2. The maximum atomic E-state index is 3.40. The lowest BCUT2D eigenvalue weighted by Crippen LogP contribution is -2.44. The molecule has 3 rings (SSSR count). The number of hydrogen-bond acceptors (Lipinski definition) is 2. The van der Waals surface area contributed by atoms with Gasteiger partial charge in [0, 0.05) is 49.3 Å². The van der Waals surface area contributed by atoms with Gasteiger partial charge in [-0.2, -0.15) is 0 Å². The van der Waals surface area contributed by atoms with Crippen LogP contribution in [0, 0.1) is 0 Å². The largest absolute Gasteiger partial charge is 0.361 e. The van der Waals surface area contributed by atoms with Crippen LogP contribution in [0.5, 0.6) is 0 Å². The van der Waals surface area contributed by atoms with Crippen LogP contribution in [0.1, 0.15) is 18.5 Å². The third-order valence-electron chi connectivity index (χ3n) is 3.77. The summed E-state index contributed by atoms with van der Waals surface area (Å²) in [4.78, 5) is 5.91. The monoisotopic (exact) mass is 229 g/mol. The van der Waals surface area contributed by atoms with Gasteiger partial charge in [-0.15, -0.1) is 0 Å². The molecule has 0 bridgehead atoms. The number of H-pyrrole nitrogens is 1. The Balaban J connectivity index is 1.92. The number of nitrogens with zero attached hydrogens (tertiary/aromatic N) is 1. The Labute approximate surface area is 102 Å². The van der Waals surface area contributed by atoms with Crippen LogP contribution in [0.2, 0.25) is 0 Å². The normalized spacial score (nSPS) is 19.6. The number of hydrogen-bond donors (Lipinski definition) is 2. The summed E-state index contributed by atoms with van der Waals surface area (Å²) in [6.45, 7) is 6.79. The van der Waals surface area contributed by atoms with Gasteiger partial charge in [-0.05, 0) is 18.6 Å². The topological polar surface area (TPSA) is 31.1 Å². The maximum absolute atomic E-state index is 3.40. The van der Waals surface area contributed by atoms with Crippen LogP contribution in [-0.2, 0) is 0 Å². The van der Waals surface area contributed by atoms with Crippen LogP contribution in [0.25, 0.3) is 10.9 Å². The Kier molecular flexibility index (Phi) is 2.87. The van der Waals surface area contributed by atoms with E-state index in [1.165, 1.54) is 16.5 Å². The lowest BCUT2D eigenvalue weighted by atomic mass is 10.1. The van der Waals surface area contributed by atoms with E-state index in [0.29, 0.717) is 6.04 Å². The number of nitrogens with one attached hydrogen (secondary N) is 2. The van der Waals surface area contributed by atoms with E-state index in [4.69, 9.17) is 0 Å². The molecular formula is C14H19N3. The fourth-order valence-corrected chi connectivity index (χ4v) is 2.71. The van der Waals surface area contributed by atoms with Crippen LogP contribution < -0.4 is 5.32 Å². The molecule has 1 aliphatic rings. The molecule has 0 unspecified atom stereocenters. The van der Waals surface area contributed by atoms with E-state index in [1.54, 1.807) is 0 Å². The molecule has 0 radical (unpaired) electrons. The van der Waals surface area contributed by atoms with Crippen molar-refractivity contribution in [2.24, 2.45) is 0 Å². The van der Waals surface area contributed by atoms with Crippen LogP contribution >= 0.6 is 0 Å². The minimum Gasteiger partial charge on any atom is -0.361 e. The molecule has 1 aliphatic heterocycles. The zero-order valence-electron chi connectivity index (χ0n) is 10.2. The number of fused-ring (bicyclic) bond motifs is 1. The first-order chi connectivity index (χ1) is 8.36. The summed E-state index contributed by atoms with van der Waals surface area (Å²) in [6.07, 6.45) is 2.16. The molecule has 2 heterocycles. The molecular weight excluding hydrogens is 210 g/mol. The van der Waals surface area contributed by atoms with Crippen LogP contribution in [0.15, 0.2) is 30.5 Å². The molecule has 0 amide bonds. The Morgan fingerprint density at radius 3 is 2.76 bits per heavy atom. The molecule has 2 aromatic rings. The van der Waals surface area contributed by atoms with Gasteiger partial charge >= 0.3 is 0 Å². The molecule has 1 atom stereocenters. The molecule has 2 N–H and O–H groups in total. The van der Waals surface area contributed by atoms with E-state index >= 15 is 0 Å². The summed E-state index contributed by atoms with van der Waals surface area (Å²) in [6, 6.07) is 9.04. The van der Waals surface area contributed by atoms with Crippen LogP contribution in [0.3, 0.4) is 0 Å². The van der Waals surface area contributed by atoms with Crippen molar-refractivity contribution < 1.29 is 0 Å². The van der Waals surface area contributed by atoms with E-state index in [0.717, 1.165) is 26.2 Å². The molecule has 90 valence electrons. The summed E-state index contributed by atoms with van der Waals surface area (Å²) in [5, 5.41) is 4.76. The standard InChI is InChI=1S/C14H19N3/c1-11(17-8-6-15-7-9-17)13-10-16-14-5-3-2-4-12(13)14/h2-5,10-11,15-16H,6-9H2,1H3/t11-/m1/s1. The van der Waals surface area contributed by atoms with Gasteiger partial charge in [0.1, 0.15) is 0 Å². The molecule has 0 aliphatic carbocycles. The highest BCUT2D eigenvalue weighted by atomic mass is 15.2. The first-order valence-electron chi connectivity index (χ1n) is 6.37. The van der Waals surface area contributed by atoms with Crippen molar-refractivity contribution in [1.82, 2.24) is 15.2 Å². The van der Waals surface area contributed by atoms with Crippen molar-refractivity contribution in [3.8, 4) is 0 Å². The fraction of sp³-hybridized carbons (Fsp3) is 0.429. The van der Waals surface area contributed by atoms with E-state index in [2.05, 4.69) is 52.6 Å². The lowest BCUT2D eigenvalue weighted by Gasteiger charge is -2.32. The first kappa shape index (κ1) is 10.8. The van der Waals surface area contributed by atoms with E-state index in [-0.39, 0.29) is 0 Å². The Bertz CT molecular complexity index is 497. The summed E-state index contributed by atoms with van der Waals surface area (Å²) in [5.41, 5.74) is 2.66. The second kappa shape index (κ2) is 4.51. The Hall–Kier alpha value is -1.32. The van der Waals surface area contributed by atoms with Gasteiger partial charge in [-0.25, -0.2) is 0 Å². The van der Waals surface area contributed by atoms with E-state index in [9.17, 15) is 0 Å². The highest BCUT2D eigenvalue weighted by Crippen LogP contribution is 2.27. The number of aromatic amines is 1. The minimum atomic E-state index is 0.494. The second-order valence-electron chi connectivity index (χ2n) is 4.75. The van der Waals surface area contributed by atoms with Crippen LogP contribution in [0.4, 0.5) is 0 Å². The molecule has 1 fully saturated rings. The Morgan fingerprint density at radius 1 is 1.18 bits per heavy atom. The number of para-hydroxylation sites is 1.